The minimum absolute atomic E-state index is 1.09. The van der Waals surface area contributed by atoms with Crippen molar-refractivity contribution in [3.8, 4) is 0 Å². The highest BCUT2D eigenvalue weighted by Crippen LogP contribution is 2.31. The summed E-state index contributed by atoms with van der Waals surface area (Å²) in [6, 6.07) is 6.67. The van der Waals surface area contributed by atoms with Gasteiger partial charge in [0, 0.05) is 19.6 Å². The lowest BCUT2D eigenvalue weighted by atomic mass is 10.1. The van der Waals surface area contributed by atoms with E-state index in [9.17, 15) is 0 Å². The van der Waals surface area contributed by atoms with Crippen LogP contribution in [0.3, 0.4) is 0 Å². The lowest BCUT2D eigenvalue weighted by molar-refractivity contribution is 0.578. The summed E-state index contributed by atoms with van der Waals surface area (Å²) >= 11 is 0. The fourth-order valence-corrected chi connectivity index (χ4v) is 2.67. The van der Waals surface area contributed by atoms with Gasteiger partial charge < -0.3 is 10.2 Å². The normalized spacial score (nSPS) is 15.8. The SMILES string of the molecule is CCCCNc1c(C)cccc1N1CCCCC1. The molecule has 0 saturated carbocycles. The molecule has 0 aromatic heterocycles. The van der Waals surface area contributed by atoms with Crippen LogP contribution in [0.25, 0.3) is 0 Å². The number of benzene rings is 1. The molecule has 18 heavy (non-hydrogen) atoms. The Kier molecular flexibility index (Phi) is 4.91. The molecule has 1 saturated heterocycles. The first-order valence-corrected chi connectivity index (χ1v) is 7.41. The zero-order valence-corrected chi connectivity index (χ0v) is 11.8. The number of para-hydroxylation sites is 1. The minimum atomic E-state index is 1.09. The predicted octanol–water partition coefficient (Wildman–Crippen LogP) is 4.20. The predicted molar refractivity (Wildman–Crippen MR) is 80.6 cm³/mol. The summed E-state index contributed by atoms with van der Waals surface area (Å²) in [7, 11) is 0. The van der Waals surface area contributed by atoms with E-state index in [4.69, 9.17) is 0 Å². The average molecular weight is 246 g/mol. The van der Waals surface area contributed by atoms with Crippen LogP contribution in [0.1, 0.15) is 44.6 Å². The maximum Gasteiger partial charge on any atom is 0.0607 e. The van der Waals surface area contributed by atoms with Gasteiger partial charge in [0.25, 0.3) is 0 Å². The van der Waals surface area contributed by atoms with Gasteiger partial charge in [0.15, 0.2) is 0 Å². The third kappa shape index (κ3) is 3.18. The Morgan fingerprint density at radius 2 is 1.94 bits per heavy atom. The fraction of sp³-hybridized carbons (Fsp3) is 0.625. The van der Waals surface area contributed by atoms with Crippen LogP contribution in [0.2, 0.25) is 0 Å². The molecule has 0 unspecified atom stereocenters. The molecule has 100 valence electrons. The Morgan fingerprint density at radius 3 is 2.67 bits per heavy atom. The van der Waals surface area contributed by atoms with Gasteiger partial charge in [0.2, 0.25) is 0 Å². The van der Waals surface area contributed by atoms with Crippen molar-refractivity contribution in [1.82, 2.24) is 0 Å². The number of piperidine rings is 1. The van der Waals surface area contributed by atoms with E-state index in [1.54, 1.807) is 0 Å². The molecule has 1 aliphatic heterocycles. The second-order valence-corrected chi connectivity index (χ2v) is 5.30. The highest BCUT2D eigenvalue weighted by atomic mass is 15.1. The number of nitrogens with one attached hydrogen (secondary N) is 1. The maximum absolute atomic E-state index is 3.64. The van der Waals surface area contributed by atoms with Gasteiger partial charge in [0.05, 0.1) is 11.4 Å². The first-order chi connectivity index (χ1) is 8.83. The van der Waals surface area contributed by atoms with E-state index in [1.807, 2.05) is 0 Å². The number of unbranched alkanes of at least 4 members (excludes halogenated alkanes) is 1. The molecule has 0 aliphatic carbocycles. The number of nitrogens with zero attached hydrogens (tertiary/aromatic N) is 1. The first kappa shape index (κ1) is 13.3. The van der Waals surface area contributed by atoms with Gasteiger partial charge in [-0.3, -0.25) is 0 Å². The number of aryl methyl sites for hydroxylation is 1. The van der Waals surface area contributed by atoms with E-state index in [0.29, 0.717) is 0 Å². The fourth-order valence-electron chi connectivity index (χ4n) is 2.67. The number of hydrogen-bond donors (Lipinski definition) is 1. The third-order valence-electron chi connectivity index (χ3n) is 3.78. The van der Waals surface area contributed by atoms with Crippen LogP contribution in [0.5, 0.6) is 0 Å². The van der Waals surface area contributed by atoms with Crippen molar-refractivity contribution in [1.29, 1.82) is 0 Å². The van der Waals surface area contributed by atoms with E-state index in [0.717, 1.165) is 6.54 Å². The topological polar surface area (TPSA) is 15.3 Å². The summed E-state index contributed by atoms with van der Waals surface area (Å²) in [6.45, 7) is 7.97. The quantitative estimate of drug-likeness (QED) is 0.783. The monoisotopic (exact) mass is 246 g/mol. The Labute approximate surface area is 111 Å². The molecule has 1 aromatic rings. The number of rotatable bonds is 5. The Balaban J connectivity index is 2.14. The Morgan fingerprint density at radius 1 is 1.17 bits per heavy atom. The van der Waals surface area contributed by atoms with Crippen molar-refractivity contribution in [2.24, 2.45) is 0 Å². The molecule has 0 spiro atoms. The van der Waals surface area contributed by atoms with Crippen molar-refractivity contribution in [3.63, 3.8) is 0 Å². The Bertz CT molecular complexity index is 367. The first-order valence-electron chi connectivity index (χ1n) is 7.41. The van der Waals surface area contributed by atoms with Gasteiger partial charge in [-0.25, -0.2) is 0 Å². The zero-order valence-electron chi connectivity index (χ0n) is 11.8. The highest BCUT2D eigenvalue weighted by Gasteiger charge is 2.15. The van der Waals surface area contributed by atoms with Gasteiger partial charge in [-0.05, 0) is 44.2 Å². The highest BCUT2D eigenvalue weighted by molar-refractivity contribution is 5.73. The van der Waals surface area contributed by atoms with Gasteiger partial charge >= 0.3 is 0 Å². The van der Waals surface area contributed by atoms with Crippen LogP contribution < -0.4 is 10.2 Å². The molecule has 1 N–H and O–H groups in total. The molecule has 1 heterocycles. The van der Waals surface area contributed by atoms with Gasteiger partial charge in [-0.1, -0.05) is 25.5 Å². The van der Waals surface area contributed by atoms with Crippen molar-refractivity contribution in [3.05, 3.63) is 23.8 Å². The minimum Gasteiger partial charge on any atom is -0.383 e. The molecular weight excluding hydrogens is 220 g/mol. The average Bonchev–Trinajstić information content (AvgIpc) is 2.42. The molecule has 0 amide bonds. The van der Waals surface area contributed by atoms with Crippen LogP contribution in [-0.4, -0.2) is 19.6 Å². The molecular formula is C16H26N2. The van der Waals surface area contributed by atoms with E-state index >= 15 is 0 Å². The number of anilines is 2. The van der Waals surface area contributed by atoms with Crippen LogP contribution in [0.15, 0.2) is 18.2 Å². The van der Waals surface area contributed by atoms with Crippen LogP contribution >= 0.6 is 0 Å². The third-order valence-corrected chi connectivity index (χ3v) is 3.78. The van der Waals surface area contributed by atoms with Gasteiger partial charge in [-0.15, -0.1) is 0 Å². The lowest BCUT2D eigenvalue weighted by Crippen LogP contribution is -2.30. The molecule has 1 fully saturated rings. The van der Waals surface area contributed by atoms with Crippen LogP contribution in [0.4, 0.5) is 11.4 Å². The van der Waals surface area contributed by atoms with E-state index < -0.39 is 0 Å². The summed E-state index contributed by atoms with van der Waals surface area (Å²) in [5.41, 5.74) is 4.13. The molecule has 1 aromatic carbocycles. The zero-order chi connectivity index (χ0) is 12.8. The largest absolute Gasteiger partial charge is 0.383 e. The van der Waals surface area contributed by atoms with Crippen molar-refractivity contribution < 1.29 is 0 Å². The second-order valence-electron chi connectivity index (χ2n) is 5.30. The molecule has 2 nitrogen and oxygen atoms in total. The van der Waals surface area contributed by atoms with E-state index in [2.05, 4.69) is 42.3 Å². The van der Waals surface area contributed by atoms with Gasteiger partial charge in [-0.2, -0.15) is 0 Å². The molecule has 0 radical (unpaired) electrons. The summed E-state index contributed by atoms with van der Waals surface area (Å²) in [6.07, 6.45) is 6.55. The standard InChI is InChI=1S/C16H26N2/c1-3-4-11-17-16-14(2)9-8-10-15(16)18-12-6-5-7-13-18/h8-10,17H,3-7,11-13H2,1-2H3. The van der Waals surface area contributed by atoms with Crippen molar-refractivity contribution in [2.45, 2.75) is 46.0 Å². The van der Waals surface area contributed by atoms with Gasteiger partial charge in [0.1, 0.15) is 0 Å². The molecule has 0 atom stereocenters. The lowest BCUT2D eigenvalue weighted by Gasteiger charge is -2.31. The van der Waals surface area contributed by atoms with Crippen molar-refractivity contribution >= 4 is 11.4 Å². The molecule has 2 heteroatoms. The molecule has 1 aliphatic rings. The smallest absolute Gasteiger partial charge is 0.0607 e. The summed E-state index contributed by atoms with van der Waals surface area (Å²) in [5, 5.41) is 3.64. The summed E-state index contributed by atoms with van der Waals surface area (Å²) in [5.74, 6) is 0. The number of hydrogen-bond acceptors (Lipinski definition) is 2. The van der Waals surface area contributed by atoms with E-state index in [-0.39, 0.29) is 0 Å². The summed E-state index contributed by atoms with van der Waals surface area (Å²) < 4.78 is 0. The van der Waals surface area contributed by atoms with Crippen LogP contribution in [-0.2, 0) is 0 Å². The summed E-state index contributed by atoms with van der Waals surface area (Å²) in [4.78, 5) is 2.55. The Hall–Kier alpha value is -1.18. The molecule has 0 bridgehead atoms. The molecule has 2 rings (SSSR count). The van der Waals surface area contributed by atoms with E-state index in [1.165, 1.54) is 62.1 Å². The maximum atomic E-state index is 3.64. The van der Waals surface area contributed by atoms with Crippen molar-refractivity contribution in [2.75, 3.05) is 29.9 Å². The second kappa shape index (κ2) is 6.67. The van der Waals surface area contributed by atoms with Crippen LogP contribution in [0, 0.1) is 6.92 Å².